The van der Waals surface area contributed by atoms with E-state index < -0.39 is 17.7 Å². The Morgan fingerprint density at radius 1 is 1.00 bits per heavy atom. The van der Waals surface area contributed by atoms with Gasteiger partial charge >= 0.3 is 0 Å². The van der Waals surface area contributed by atoms with Crippen molar-refractivity contribution in [2.24, 2.45) is 0 Å². The fourth-order valence-electron chi connectivity index (χ4n) is 3.54. The van der Waals surface area contributed by atoms with Crippen LogP contribution in [0.1, 0.15) is 26.3 Å². The van der Waals surface area contributed by atoms with Gasteiger partial charge in [-0.15, -0.1) is 0 Å². The summed E-state index contributed by atoms with van der Waals surface area (Å²) in [5.41, 5.74) is 2.00. The van der Waals surface area contributed by atoms with Crippen molar-refractivity contribution in [1.29, 1.82) is 0 Å². The number of hydrogen-bond acceptors (Lipinski definition) is 5. The predicted molar refractivity (Wildman–Crippen MR) is 120 cm³/mol. The topological polar surface area (TPSA) is 69.7 Å². The van der Waals surface area contributed by atoms with Gasteiger partial charge in [-0.2, -0.15) is 11.8 Å². The number of benzene rings is 2. The molecule has 0 aliphatic carbocycles. The smallest absolute Gasteiger partial charge is 0.262 e. The molecule has 0 unspecified atom stereocenters. The Morgan fingerprint density at radius 2 is 1.60 bits per heavy atom. The largest absolute Gasteiger partial charge is 0.324 e. The molecule has 0 radical (unpaired) electrons. The summed E-state index contributed by atoms with van der Waals surface area (Å²) in [5.74, 6) is 0.652. The molecule has 3 amide bonds. The normalized spacial score (nSPS) is 16.7. The molecule has 0 spiro atoms. The van der Waals surface area contributed by atoms with E-state index >= 15 is 0 Å². The zero-order valence-corrected chi connectivity index (χ0v) is 18.3. The van der Waals surface area contributed by atoms with Crippen LogP contribution in [0.4, 0.5) is 5.69 Å². The molecule has 2 heterocycles. The number of rotatable bonds is 5. The number of para-hydroxylation sites is 1. The predicted octanol–water partition coefficient (Wildman–Crippen LogP) is 3.78. The Balaban J connectivity index is 1.45. The number of hydrogen-bond donors (Lipinski definition) is 1. The van der Waals surface area contributed by atoms with Gasteiger partial charge < -0.3 is 5.32 Å². The highest BCUT2D eigenvalue weighted by Gasteiger charge is 2.37. The number of carbonyl (C=O) groups excluding carboxylic acids is 3. The number of carbonyl (C=O) groups is 3. The Morgan fingerprint density at radius 3 is 2.23 bits per heavy atom. The van der Waals surface area contributed by atoms with Crippen molar-refractivity contribution in [3.05, 3.63) is 63.1 Å². The van der Waals surface area contributed by atoms with Crippen molar-refractivity contribution < 1.29 is 14.4 Å². The molecule has 6 nitrogen and oxygen atoms in total. The van der Waals surface area contributed by atoms with Crippen LogP contribution < -0.4 is 5.32 Å². The van der Waals surface area contributed by atoms with E-state index in [1.54, 1.807) is 0 Å². The third-order valence-corrected chi connectivity index (χ3v) is 6.77. The van der Waals surface area contributed by atoms with E-state index in [0.29, 0.717) is 5.69 Å². The molecule has 0 saturated carbocycles. The van der Waals surface area contributed by atoms with Crippen LogP contribution >= 0.6 is 35.0 Å². The summed E-state index contributed by atoms with van der Waals surface area (Å²) in [4.78, 5) is 41.1. The first-order chi connectivity index (χ1) is 14.4. The van der Waals surface area contributed by atoms with Gasteiger partial charge in [0.25, 0.3) is 11.8 Å². The molecule has 1 saturated heterocycles. The fourth-order valence-corrected chi connectivity index (χ4v) is 4.85. The molecule has 2 aromatic rings. The summed E-state index contributed by atoms with van der Waals surface area (Å²) in [6.45, 7) is 2.37. The number of thioether (sulfide) groups is 1. The van der Waals surface area contributed by atoms with Gasteiger partial charge in [-0.05, 0) is 23.8 Å². The van der Waals surface area contributed by atoms with Crippen LogP contribution in [0.2, 0.25) is 10.0 Å². The molecule has 0 atom stereocenters. The Bertz CT molecular complexity index is 984. The molecule has 2 aliphatic rings. The van der Waals surface area contributed by atoms with Gasteiger partial charge in [-0.1, -0.05) is 41.4 Å². The minimum atomic E-state index is -0.553. The number of halogens is 2. The molecule has 1 fully saturated rings. The van der Waals surface area contributed by atoms with Gasteiger partial charge in [0.1, 0.15) is 6.54 Å². The summed E-state index contributed by atoms with van der Waals surface area (Å²) >= 11 is 13.9. The molecule has 156 valence electrons. The van der Waals surface area contributed by atoms with Crippen LogP contribution in [-0.4, -0.2) is 58.7 Å². The molecular weight excluding hydrogens is 445 g/mol. The number of amides is 3. The standard InChI is InChI=1S/C21H19Cl2N3O3S/c22-16-9-14-15(10-17(16)23)21(29)26(20(14)28)12-19(27)24-18-4-2-1-3-13(18)11-25-5-7-30-8-6-25/h1-4,9-10H,5-8,11-12H2,(H,24,27). The summed E-state index contributed by atoms with van der Waals surface area (Å²) in [6, 6.07) is 10.3. The Kier molecular flexibility index (Phi) is 6.34. The lowest BCUT2D eigenvalue weighted by atomic mass is 10.1. The number of nitrogens with zero attached hydrogens (tertiary/aromatic N) is 2. The van der Waals surface area contributed by atoms with Gasteiger partial charge in [0.15, 0.2) is 0 Å². The maximum absolute atomic E-state index is 12.7. The lowest BCUT2D eigenvalue weighted by Gasteiger charge is -2.27. The van der Waals surface area contributed by atoms with Gasteiger partial charge in [0.2, 0.25) is 5.91 Å². The third-order valence-electron chi connectivity index (χ3n) is 5.10. The summed E-state index contributed by atoms with van der Waals surface area (Å²) in [6.07, 6.45) is 0. The zero-order valence-electron chi connectivity index (χ0n) is 16.0. The van der Waals surface area contributed by atoms with Crippen molar-refractivity contribution in [2.45, 2.75) is 6.54 Å². The van der Waals surface area contributed by atoms with E-state index in [9.17, 15) is 14.4 Å². The molecule has 30 heavy (non-hydrogen) atoms. The molecule has 0 aromatic heterocycles. The Labute approximate surface area is 188 Å². The highest BCUT2D eigenvalue weighted by molar-refractivity contribution is 7.99. The molecule has 2 aromatic carbocycles. The zero-order chi connectivity index (χ0) is 21.3. The lowest BCUT2D eigenvalue weighted by molar-refractivity contribution is -0.116. The number of fused-ring (bicyclic) bond motifs is 1. The van der Waals surface area contributed by atoms with E-state index in [1.165, 1.54) is 12.1 Å². The van der Waals surface area contributed by atoms with Crippen LogP contribution in [0.25, 0.3) is 0 Å². The molecule has 0 bridgehead atoms. The highest BCUT2D eigenvalue weighted by Crippen LogP contribution is 2.31. The van der Waals surface area contributed by atoms with Crippen LogP contribution in [0.15, 0.2) is 36.4 Å². The van der Waals surface area contributed by atoms with Crippen LogP contribution in [0.5, 0.6) is 0 Å². The molecule has 4 rings (SSSR count). The third kappa shape index (κ3) is 4.34. The first-order valence-electron chi connectivity index (χ1n) is 9.47. The minimum absolute atomic E-state index is 0.158. The van der Waals surface area contributed by atoms with Crippen LogP contribution in [0, 0.1) is 0 Å². The average molecular weight is 464 g/mol. The van der Waals surface area contributed by atoms with Crippen molar-refractivity contribution >= 4 is 58.4 Å². The van der Waals surface area contributed by atoms with Crippen LogP contribution in [0.3, 0.4) is 0 Å². The van der Waals surface area contributed by atoms with E-state index in [0.717, 1.165) is 41.6 Å². The molecular formula is C21H19Cl2N3O3S. The van der Waals surface area contributed by atoms with E-state index in [-0.39, 0.29) is 27.7 Å². The number of anilines is 1. The van der Waals surface area contributed by atoms with E-state index in [4.69, 9.17) is 23.2 Å². The van der Waals surface area contributed by atoms with Crippen LogP contribution in [-0.2, 0) is 11.3 Å². The van der Waals surface area contributed by atoms with Crippen molar-refractivity contribution in [3.8, 4) is 0 Å². The van der Waals surface area contributed by atoms with Crippen molar-refractivity contribution in [3.63, 3.8) is 0 Å². The summed E-state index contributed by atoms with van der Waals surface area (Å²) in [7, 11) is 0. The van der Waals surface area contributed by atoms with Gasteiger partial charge in [-0.25, -0.2) is 0 Å². The van der Waals surface area contributed by atoms with Crippen molar-refractivity contribution in [1.82, 2.24) is 9.80 Å². The van der Waals surface area contributed by atoms with E-state index in [2.05, 4.69) is 10.2 Å². The summed E-state index contributed by atoms with van der Waals surface area (Å²) < 4.78 is 0. The van der Waals surface area contributed by atoms with Gasteiger partial charge in [0.05, 0.1) is 21.2 Å². The SMILES string of the molecule is O=C(CN1C(=O)c2cc(Cl)c(Cl)cc2C1=O)Nc1ccccc1CN1CCSCC1. The minimum Gasteiger partial charge on any atom is -0.324 e. The second-order valence-electron chi connectivity index (χ2n) is 7.10. The van der Waals surface area contributed by atoms with Gasteiger partial charge in [-0.3, -0.25) is 24.2 Å². The fraction of sp³-hybridized carbons (Fsp3) is 0.286. The Hall–Kier alpha value is -2.06. The monoisotopic (exact) mass is 463 g/mol. The number of nitrogens with one attached hydrogen (secondary N) is 1. The molecule has 9 heteroatoms. The summed E-state index contributed by atoms with van der Waals surface area (Å²) in [5, 5.41) is 3.22. The second kappa shape index (κ2) is 8.98. The average Bonchev–Trinajstić information content (AvgIpc) is 2.95. The molecule has 2 aliphatic heterocycles. The highest BCUT2D eigenvalue weighted by atomic mass is 35.5. The maximum Gasteiger partial charge on any atom is 0.262 e. The first-order valence-corrected chi connectivity index (χ1v) is 11.4. The molecule has 1 N–H and O–H groups in total. The quantitative estimate of drug-likeness (QED) is 0.683. The van der Waals surface area contributed by atoms with E-state index in [1.807, 2.05) is 36.0 Å². The van der Waals surface area contributed by atoms with Crippen molar-refractivity contribution in [2.75, 3.05) is 36.5 Å². The second-order valence-corrected chi connectivity index (χ2v) is 9.14. The first kappa shape index (κ1) is 21.2. The number of imide groups is 1. The maximum atomic E-state index is 12.7. The van der Waals surface area contributed by atoms with Gasteiger partial charge in [0, 0.05) is 36.8 Å². The lowest BCUT2D eigenvalue weighted by Crippen LogP contribution is -2.37.